The molecule has 0 aromatic heterocycles. The maximum Gasteiger partial charge on any atom is 0.253 e. The average molecular weight is 380 g/mol. The quantitative estimate of drug-likeness (QED) is 0.784. The van der Waals surface area contributed by atoms with Gasteiger partial charge in [-0.25, -0.2) is 0 Å². The van der Waals surface area contributed by atoms with Crippen molar-refractivity contribution in [1.82, 2.24) is 4.90 Å². The first kappa shape index (κ1) is 20.1. The zero-order chi connectivity index (χ0) is 20.3. The third-order valence-corrected chi connectivity index (χ3v) is 5.11. The van der Waals surface area contributed by atoms with Crippen molar-refractivity contribution in [3.8, 4) is 11.1 Å². The number of benzene rings is 2. The van der Waals surface area contributed by atoms with Crippen molar-refractivity contribution in [3.05, 3.63) is 53.6 Å². The third-order valence-electron chi connectivity index (χ3n) is 5.11. The van der Waals surface area contributed by atoms with Gasteiger partial charge in [-0.3, -0.25) is 9.59 Å². The molecule has 5 heteroatoms. The minimum Gasteiger partial charge on any atom is -0.367 e. The highest BCUT2D eigenvalue weighted by Crippen LogP contribution is 2.32. The Morgan fingerprint density at radius 3 is 2.46 bits per heavy atom. The molecule has 0 bridgehead atoms. The summed E-state index contributed by atoms with van der Waals surface area (Å²) < 4.78 is 5.52. The van der Waals surface area contributed by atoms with E-state index in [1.54, 1.807) is 4.90 Å². The van der Waals surface area contributed by atoms with E-state index in [0.29, 0.717) is 25.3 Å². The summed E-state index contributed by atoms with van der Waals surface area (Å²) in [7, 11) is 0. The van der Waals surface area contributed by atoms with Crippen LogP contribution in [-0.2, 0) is 16.1 Å². The van der Waals surface area contributed by atoms with Gasteiger partial charge in [0.2, 0.25) is 0 Å². The van der Waals surface area contributed by atoms with Crippen molar-refractivity contribution in [2.45, 2.75) is 40.3 Å². The number of ether oxygens (including phenoxy) is 1. The number of hydrogen-bond acceptors (Lipinski definition) is 3. The molecule has 0 atom stereocenters. The lowest BCUT2D eigenvalue weighted by atomic mass is 9.99. The van der Waals surface area contributed by atoms with Crippen molar-refractivity contribution in [1.29, 1.82) is 0 Å². The SMILES string of the molecule is CCN(CC)C(=O)c1cccc(-c2ccc3c(c2)N(C(C)C)C(=O)COC3)c1. The minimum absolute atomic E-state index is 0.0311. The monoisotopic (exact) mass is 380 g/mol. The van der Waals surface area contributed by atoms with Gasteiger partial charge < -0.3 is 14.5 Å². The number of carbonyl (C=O) groups is 2. The van der Waals surface area contributed by atoms with Gasteiger partial charge in [-0.1, -0.05) is 24.3 Å². The fourth-order valence-electron chi connectivity index (χ4n) is 3.63. The van der Waals surface area contributed by atoms with Crippen LogP contribution in [0.1, 0.15) is 43.6 Å². The van der Waals surface area contributed by atoms with Crippen LogP contribution in [0.25, 0.3) is 11.1 Å². The normalized spacial score (nSPS) is 14.0. The molecule has 0 aliphatic carbocycles. The lowest BCUT2D eigenvalue weighted by molar-refractivity contribution is -0.123. The molecule has 0 unspecified atom stereocenters. The molecular weight excluding hydrogens is 352 g/mol. The van der Waals surface area contributed by atoms with Gasteiger partial charge in [0.1, 0.15) is 6.61 Å². The van der Waals surface area contributed by atoms with Crippen molar-refractivity contribution < 1.29 is 14.3 Å². The van der Waals surface area contributed by atoms with Gasteiger partial charge >= 0.3 is 0 Å². The van der Waals surface area contributed by atoms with Gasteiger partial charge in [0.15, 0.2) is 0 Å². The maximum absolute atomic E-state index is 12.7. The number of nitrogens with zero attached hydrogens (tertiary/aromatic N) is 2. The molecule has 1 heterocycles. The van der Waals surface area contributed by atoms with Crippen LogP contribution in [0.4, 0.5) is 5.69 Å². The van der Waals surface area contributed by atoms with Crippen LogP contribution in [0.5, 0.6) is 0 Å². The molecule has 1 aliphatic rings. The largest absolute Gasteiger partial charge is 0.367 e. The fraction of sp³-hybridized carbons (Fsp3) is 0.391. The number of rotatable bonds is 5. The molecule has 0 radical (unpaired) electrons. The van der Waals surface area contributed by atoms with Crippen LogP contribution in [0, 0.1) is 0 Å². The second kappa shape index (κ2) is 8.57. The Labute approximate surface area is 166 Å². The highest BCUT2D eigenvalue weighted by molar-refractivity contribution is 5.97. The predicted molar refractivity (Wildman–Crippen MR) is 111 cm³/mol. The van der Waals surface area contributed by atoms with E-state index >= 15 is 0 Å². The average Bonchev–Trinajstić information content (AvgIpc) is 2.86. The lowest BCUT2D eigenvalue weighted by Gasteiger charge is -2.27. The summed E-state index contributed by atoms with van der Waals surface area (Å²) >= 11 is 0. The number of anilines is 1. The molecular formula is C23H28N2O3. The van der Waals surface area contributed by atoms with Crippen LogP contribution < -0.4 is 4.90 Å². The van der Waals surface area contributed by atoms with E-state index < -0.39 is 0 Å². The molecule has 1 aliphatic heterocycles. The predicted octanol–water partition coefficient (Wildman–Crippen LogP) is 4.11. The molecule has 5 nitrogen and oxygen atoms in total. The molecule has 0 spiro atoms. The number of fused-ring (bicyclic) bond motifs is 1. The standard InChI is InChI=1S/C23H28N2O3/c1-5-24(6-2)23(27)19-9-7-8-17(12-19)18-10-11-20-14-28-15-22(26)25(16(3)4)21(20)13-18/h7-13,16H,5-6,14-15H2,1-4H3. The van der Waals surface area contributed by atoms with E-state index in [-0.39, 0.29) is 24.5 Å². The topological polar surface area (TPSA) is 49.9 Å². The van der Waals surface area contributed by atoms with Crippen LogP contribution in [0.15, 0.2) is 42.5 Å². The van der Waals surface area contributed by atoms with Gasteiger partial charge in [-0.2, -0.15) is 0 Å². The Hall–Kier alpha value is -2.66. The first-order chi connectivity index (χ1) is 13.5. The molecule has 3 rings (SSSR count). The zero-order valence-electron chi connectivity index (χ0n) is 17.1. The summed E-state index contributed by atoms with van der Waals surface area (Å²) in [6, 6.07) is 13.8. The number of amides is 2. The number of hydrogen-bond donors (Lipinski definition) is 0. The molecule has 0 fully saturated rings. The minimum atomic E-state index is -0.0311. The van der Waals surface area contributed by atoms with E-state index in [0.717, 1.165) is 22.4 Å². The molecule has 0 saturated heterocycles. The lowest BCUT2D eigenvalue weighted by Crippen LogP contribution is -2.38. The van der Waals surface area contributed by atoms with E-state index in [2.05, 4.69) is 0 Å². The van der Waals surface area contributed by atoms with E-state index in [1.807, 2.05) is 75.1 Å². The Balaban J connectivity index is 2.02. The van der Waals surface area contributed by atoms with Crippen LogP contribution in [0.2, 0.25) is 0 Å². The Morgan fingerprint density at radius 1 is 1.07 bits per heavy atom. The van der Waals surface area contributed by atoms with Crippen molar-refractivity contribution in [2.24, 2.45) is 0 Å². The van der Waals surface area contributed by atoms with Gasteiger partial charge in [0.05, 0.1) is 12.3 Å². The molecule has 2 aromatic carbocycles. The second-order valence-corrected chi connectivity index (χ2v) is 7.25. The van der Waals surface area contributed by atoms with Gasteiger partial charge in [0.25, 0.3) is 11.8 Å². The Kier molecular flexibility index (Phi) is 6.15. The first-order valence-electron chi connectivity index (χ1n) is 9.88. The van der Waals surface area contributed by atoms with Crippen molar-refractivity contribution in [3.63, 3.8) is 0 Å². The second-order valence-electron chi connectivity index (χ2n) is 7.25. The van der Waals surface area contributed by atoms with Crippen LogP contribution in [-0.4, -0.2) is 42.5 Å². The van der Waals surface area contributed by atoms with Gasteiger partial charge in [0, 0.05) is 30.3 Å². The molecule has 28 heavy (non-hydrogen) atoms. The van der Waals surface area contributed by atoms with Crippen molar-refractivity contribution >= 4 is 17.5 Å². The summed E-state index contributed by atoms with van der Waals surface area (Å²) in [5.41, 5.74) is 4.50. The molecule has 148 valence electrons. The highest BCUT2D eigenvalue weighted by Gasteiger charge is 2.25. The Morgan fingerprint density at radius 2 is 1.79 bits per heavy atom. The van der Waals surface area contributed by atoms with Crippen molar-refractivity contribution in [2.75, 3.05) is 24.6 Å². The summed E-state index contributed by atoms with van der Waals surface area (Å²) in [6.45, 7) is 9.86. The third kappa shape index (κ3) is 3.94. The van der Waals surface area contributed by atoms with Crippen LogP contribution in [0.3, 0.4) is 0 Å². The molecule has 0 N–H and O–H groups in total. The molecule has 0 saturated carbocycles. The summed E-state index contributed by atoms with van der Waals surface area (Å²) in [6.07, 6.45) is 0. The Bertz CT molecular complexity index is 872. The number of carbonyl (C=O) groups excluding carboxylic acids is 2. The fourth-order valence-corrected chi connectivity index (χ4v) is 3.63. The van der Waals surface area contributed by atoms with E-state index in [4.69, 9.17) is 4.74 Å². The zero-order valence-corrected chi connectivity index (χ0v) is 17.1. The van der Waals surface area contributed by atoms with Crippen LogP contribution >= 0.6 is 0 Å². The smallest absolute Gasteiger partial charge is 0.253 e. The highest BCUT2D eigenvalue weighted by atomic mass is 16.5. The van der Waals surface area contributed by atoms with E-state index in [1.165, 1.54) is 0 Å². The molecule has 2 amide bonds. The summed E-state index contributed by atoms with van der Waals surface area (Å²) in [5.74, 6) is 0.00496. The van der Waals surface area contributed by atoms with Gasteiger partial charge in [-0.05, 0) is 57.0 Å². The first-order valence-corrected chi connectivity index (χ1v) is 9.88. The molecule has 2 aromatic rings. The van der Waals surface area contributed by atoms with E-state index in [9.17, 15) is 9.59 Å². The maximum atomic E-state index is 12.7. The summed E-state index contributed by atoms with van der Waals surface area (Å²) in [5, 5.41) is 0. The van der Waals surface area contributed by atoms with Gasteiger partial charge in [-0.15, -0.1) is 0 Å². The summed E-state index contributed by atoms with van der Waals surface area (Å²) in [4.78, 5) is 28.8.